The Bertz CT molecular complexity index is 1610. The summed E-state index contributed by atoms with van der Waals surface area (Å²) in [4.78, 5) is 21.4. The van der Waals surface area contributed by atoms with Crippen molar-refractivity contribution in [1.29, 1.82) is 0 Å². The third-order valence-corrected chi connectivity index (χ3v) is 7.14. The van der Waals surface area contributed by atoms with Gasteiger partial charge in [0.15, 0.2) is 0 Å². The molecule has 0 N–H and O–H groups in total. The van der Waals surface area contributed by atoms with Gasteiger partial charge < -0.3 is 4.74 Å². The number of hydrogen-bond donors (Lipinski definition) is 0. The number of hydrogen-bond acceptors (Lipinski definition) is 5. The molecule has 38 heavy (non-hydrogen) atoms. The van der Waals surface area contributed by atoms with Gasteiger partial charge in [-0.1, -0.05) is 0 Å². The standard InChI is InChI=1S/C26H22F5N5O2/c1-35-24(37)18-10-20(13-6-7-38-21(8-13)14-11-32-36(12-14)16-3-4-16)33-22(17-5-2-15(27)9-19(17)28)23(18)34-25(35)26(29,30)31/h2,5,9-13,16,21H,3-4,6-8H2,1H3/t13-,21+/m0/s1. The van der Waals surface area contributed by atoms with Gasteiger partial charge in [-0.25, -0.2) is 13.8 Å². The van der Waals surface area contributed by atoms with Gasteiger partial charge in [-0.3, -0.25) is 19.0 Å². The van der Waals surface area contributed by atoms with E-state index in [-0.39, 0.29) is 28.7 Å². The van der Waals surface area contributed by atoms with Crippen LogP contribution in [0.5, 0.6) is 0 Å². The number of alkyl halides is 3. The zero-order chi connectivity index (χ0) is 26.8. The Morgan fingerprint density at radius 3 is 2.58 bits per heavy atom. The molecule has 1 aromatic carbocycles. The van der Waals surface area contributed by atoms with Crippen LogP contribution >= 0.6 is 0 Å². The lowest BCUT2D eigenvalue weighted by molar-refractivity contribution is -0.147. The molecule has 0 bridgehead atoms. The van der Waals surface area contributed by atoms with Gasteiger partial charge in [0.2, 0.25) is 5.82 Å². The van der Waals surface area contributed by atoms with E-state index >= 15 is 0 Å². The number of halogens is 5. The zero-order valence-corrected chi connectivity index (χ0v) is 20.2. The molecule has 198 valence electrons. The maximum atomic E-state index is 14.9. The van der Waals surface area contributed by atoms with Crippen LogP contribution in [0.4, 0.5) is 22.0 Å². The second-order valence-corrected chi connectivity index (χ2v) is 9.78. The molecule has 12 heteroatoms. The molecule has 1 aliphatic heterocycles. The lowest BCUT2D eigenvalue weighted by Crippen LogP contribution is -2.28. The first-order valence-corrected chi connectivity index (χ1v) is 12.2. The Balaban J connectivity index is 1.48. The van der Waals surface area contributed by atoms with Crippen LogP contribution in [0.1, 0.15) is 60.8 Å². The number of ether oxygens (including phenoxy) is 1. The monoisotopic (exact) mass is 531 g/mol. The summed E-state index contributed by atoms with van der Waals surface area (Å²) in [5.74, 6) is -3.56. The first kappa shape index (κ1) is 24.7. The molecule has 0 unspecified atom stereocenters. The molecule has 1 aliphatic carbocycles. The normalized spacial score (nSPS) is 20.3. The molecule has 2 atom stereocenters. The van der Waals surface area contributed by atoms with E-state index in [1.807, 2.05) is 10.9 Å². The summed E-state index contributed by atoms with van der Waals surface area (Å²) in [5.41, 5.74) is -0.533. The Kier molecular flexibility index (Phi) is 5.82. The predicted molar refractivity (Wildman–Crippen MR) is 126 cm³/mol. The minimum atomic E-state index is -4.93. The number of benzene rings is 1. The van der Waals surface area contributed by atoms with Crippen LogP contribution < -0.4 is 5.56 Å². The summed E-state index contributed by atoms with van der Waals surface area (Å²) in [6.07, 6.45) is 1.67. The Morgan fingerprint density at radius 1 is 1.08 bits per heavy atom. The third kappa shape index (κ3) is 4.36. The lowest BCUT2D eigenvalue weighted by atomic mass is 9.89. The molecule has 2 fully saturated rings. The second kappa shape index (κ2) is 8.97. The molecule has 7 nitrogen and oxygen atoms in total. The third-order valence-electron chi connectivity index (χ3n) is 7.14. The van der Waals surface area contributed by atoms with E-state index in [1.165, 1.54) is 6.07 Å². The van der Waals surface area contributed by atoms with E-state index in [2.05, 4.69) is 15.1 Å². The van der Waals surface area contributed by atoms with Gasteiger partial charge in [0, 0.05) is 48.7 Å². The van der Waals surface area contributed by atoms with Gasteiger partial charge in [-0.2, -0.15) is 18.3 Å². The highest BCUT2D eigenvalue weighted by Gasteiger charge is 2.37. The van der Waals surface area contributed by atoms with Gasteiger partial charge in [0.1, 0.15) is 17.2 Å². The topological polar surface area (TPSA) is 74.8 Å². The minimum absolute atomic E-state index is 0.131. The van der Waals surface area contributed by atoms with Crippen molar-refractivity contribution in [2.24, 2.45) is 7.05 Å². The molecule has 1 saturated heterocycles. The summed E-state index contributed by atoms with van der Waals surface area (Å²) >= 11 is 0. The fourth-order valence-corrected chi connectivity index (χ4v) is 4.98. The molecule has 2 aliphatic rings. The smallest absolute Gasteiger partial charge is 0.373 e. The predicted octanol–water partition coefficient (Wildman–Crippen LogP) is 5.46. The Hall–Kier alpha value is -3.67. The summed E-state index contributed by atoms with van der Waals surface area (Å²) in [6.45, 7) is 0.382. The molecule has 0 radical (unpaired) electrons. The van der Waals surface area contributed by atoms with Crippen molar-refractivity contribution in [2.45, 2.75) is 49.9 Å². The van der Waals surface area contributed by atoms with E-state index in [4.69, 9.17) is 4.74 Å². The lowest BCUT2D eigenvalue weighted by Gasteiger charge is -2.29. The van der Waals surface area contributed by atoms with Crippen molar-refractivity contribution in [3.05, 3.63) is 75.7 Å². The molecule has 4 heterocycles. The molecule has 0 amide bonds. The molecule has 6 rings (SSSR count). The van der Waals surface area contributed by atoms with Crippen LogP contribution in [0.2, 0.25) is 0 Å². The van der Waals surface area contributed by atoms with Crippen LogP contribution in [0.3, 0.4) is 0 Å². The first-order chi connectivity index (χ1) is 18.1. The molecule has 0 spiro atoms. The number of rotatable bonds is 4. The number of nitrogens with zero attached hydrogens (tertiary/aromatic N) is 5. The van der Waals surface area contributed by atoms with E-state index in [0.717, 1.165) is 37.6 Å². The SMILES string of the molecule is Cn1c(C(F)(F)F)nc2c(-c3ccc(F)cc3F)nc([C@H]3CCO[C@@H](c4cnn(C5CC5)c4)C3)cc2c1=O. The van der Waals surface area contributed by atoms with Crippen LogP contribution in [0.25, 0.3) is 22.2 Å². The van der Waals surface area contributed by atoms with Gasteiger partial charge >= 0.3 is 6.18 Å². The molecular weight excluding hydrogens is 509 g/mol. The van der Waals surface area contributed by atoms with E-state index < -0.39 is 34.7 Å². The van der Waals surface area contributed by atoms with E-state index in [0.29, 0.717) is 41.8 Å². The fourth-order valence-electron chi connectivity index (χ4n) is 4.98. The summed E-state index contributed by atoms with van der Waals surface area (Å²) < 4.78 is 77.8. The van der Waals surface area contributed by atoms with Crippen molar-refractivity contribution < 1.29 is 26.7 Å². The van der Waals surface area contributed by atoms with Crippen molar-refractivity contribution in [2.75, 3.05) is 6.61 Å². The average molecular weight is 531 g/mol. The van der Waals surface area contributed by atoms with Gasteiger partial charge in [0.25, 0.3) is 5.56 Å². The highest BCUT2D eigenvalue weighted by Crippen LogP contribution is 2.41. The van der Waals surface area contributed by atoms with Crippen molar-refractivity contribution >= 4 is 10.9 Å². The fraction of sp³-hybridized carbons (Fsp3) is 0.385. The Labute approximate surface area is 212 Å². The first-order valence-electron chi connectivity index (χ1n) is 12.2. The van der Waals surface area contributed by atoms with Crippen LogP contribution in [-0.4, -0.2) is 30.9 Å². The second-order valence-electron chi connectivity index (χ2n) is 9.78. The minimum Gasteiger partial charge on any atom is -0.373 e. The van der Waals surface area contributed by atoms with Crippen molar-refractivity contribution in [3.8, 4) is 11.3 Å². The average Bonchev–Trinajstić information content (AvgIpc) is 3.61. The summed E-state index contributed by atoms with van der Waals surface area (Å²) in [7, 11) is 0.984. The maximum Gasteiger partial charge on any atom is 0.449 e. The largest absolute Gasteiger partial charge is 0.449 e. The number of pyridine rings is 1. The highest BCUT2D eigenvalue weighted by atomic mass is 19.4. The zero-order valence-electron chi connectivity index (χ0n) is 20.2. The van der Waals surface area contributed by atoms with Crippen molar-refractivity contribution in [1.82, 2.24) is 24.3 Å². The molecule has 4 aromatic rings. The van der Waals surface area contributed by atoms with Gasteiger partial charge in [-0.05, 0) is 43.9 Å². The van der Waals surface area contributed by atoms with Crippen LogP contribution in [-0.2, 0) is 18.0 Å². The number of aromatic nitrogens is 5. The van der Waals surface area contributed by atoms with Crippen molar-refractivity contribution in [3.63, 3.8) is 0 Å². The molecular formula is C26H22F5N5O2. The highest BCUT2D eigenvalue weighted by molar-refractivity contribution is 5.91. The Morgan fingerprint density at radius 2 is 1.87 bits per heavy atom. The van der Waals surface area contributed by atoms with E-state index in [9.17, 15) is 26.7 Å². The maximum absolute atomic E-state index is 14.9. The quantitative estimate of drug-likeness (QED) is 0.327. The molecule has 1 saturated carbocycles. The van der Waals surface area contributed by atoms with Crippen LogP contribution in [0, 0.1) is 11.6 Å². The van der Waals surface area contributed by atoms with Crippen LogP contribution in [0.15, 0.2) is 41.5 Å². The van der Waals surface area contributed by atoms with E-state index in [1.54, 1.807) is 6.20 Å². The van der Waals surface area contributed by atoms with Gasteiger partial charge in [0.05, 0.1) is 29.4 Å². The van der Waals surface area contributed by atoms with Gasteiger partial charge in [-0.15, -0.1) is 0 Å². The summed E-state index contributed by atoms with van der Waals surface area (Å²) in [5, 5.41) is 4.29. The summed E-state index contributed by atoms with van der Waals surface area (Å²) in [6, 6.07) is 4.51. The molecule has 3 aromatic heterocycles. The number of fused-ring (bicyclic) bond motifs is 1.